The Hall–Kier alpha value is -2.35. The van der Waals surface area contributed by atoms with Gasteiger partial charge in [0.15, 0.2) is 0 Å². The van der Waals surface area contributed by atoms with E-state index in [2.05, 4.69) is 5.32 Å². The monoisotopic (exact) mass is 364 g/mol. The molecular weight excluding hydrogens is 344 g/mol. The molecule has 25 heavy (non-hydrogen) atoms. The van der Waals surface area contributed by atoms with Crippen LogP contribution in [0.25, 0.3) is 0 Å². The van der Waals surface area contributed by atoms with Gasteiger partial charge in [-0.25, -0.2) is 0 Å². The van der Waals surface area contributed by atoms with Crippen molar-refractivity contribution in [3.8, 4) is 0 Å². The summed E-state index contributed by atoms with van der Waals surface area (Å²) >= 11 is 0.969. The van der Waals surface area contributed by atoms with E-state index < -0.39 is 11.5 Å². The molecule has 1 fully saturated rings. The van der Waals surface area contributed by atoms with Crippen molar-refractivity contribution in [2.45, 2.75) is 38.8 Å². The van der Waals surface area contributed by atoms with Gasteiger partial charge in [-0.05, 0) is 38.0 Å². The molecule has 1 heterocycles. The number of carboxylic acid groups (broad SMARTS) is 1. The molecule has 1 aromatic carbocycles. The molecule has 0 unspecified atom stereocenters. The highest BCUT2D eigenvalue weighted by Crippen LogP contribution is 2.21. The fourth-order valence-corrected chi connectivity index (χ4v) is 3.11. The average molecular weight is 364 g/mol. The SMILES string of the molecule is CC(C)(CCC(=O)O)NC(=O)c1cccc(CN2C(=O)CSC2=O)c1. The first-order valence-electron chi connectivity index (χ1n) is 7.78. The first-order valence-corrected chi connectivity index (χ1v) is 8.77. The average Bonchev–Trinajstić information content (AvgIpc) is 2.85. The molecule has 1 aliphatic rings. The van der Waals surface area contributed by atoms with Crippen molar-refractivity contribution in [3.63, 3.8) is 0 Å². The lowest BCUT2D eigenvalue weighted by molar-refractivity contribution is -0.137. The van der Waals surface area contributed by atoms with Gasteiger partial charge in [-0.2, -0.15) is 0 Å². The van der Waals surface area contributed by atoms with Gasteiger partial charge in [0.05, 0.1) is 12.3 Å². The highest BCUT2D eigenvalue weighted by atomic mass is 32.2. The number of nitrogens with zero attached hydrogens (tertiary/aromatic N) is 1. The molecule has 8 heteroatoms. The Labute approximate surface area is 149 Å². The lowest BCUT2D eigenvalue weighted by atomic mass is 9.97. The topological polar surface area (TPSA) is 104 Å². The largest absolute Gasteiger partial charge is 0.481 e. The molecule has 2 N–H and O–H groups in total. The number of thioether (sulfide) groups is 1. The quantitative estimate of drug-likeness (QED) is 0.769. The van der Waals surface area contributed by atoms with E-state index in [1.807, 2.05) is 0 Å². The van der Waals surface area contributed by atoms with Crippen LogP contribution < -0.4 is 5.32 Å². The van der Waals surface area contributed by atoms with Crippen LogP contribution in [-0.2, 0) is 16.1 Å². The molecule has 7 nitrogen and oxygen atoms in total. The normalized spacial score (nSPS) is 14.7. The standard InChI is InChI=1S/C17H20N2O5S/c1-17(2,7-6-14(21)22)18-15(23)12-5-3-4-11(8-12)9-19-13(20)10-25-16(19)24/h3-5,8H,6-7,9-10H2,1-2H3,(H,18,23)(H,21,22). The number of carbonyl (C=O) groups is 4. The van der Waals surface area contributed by atoms with Crippen molar-refractivity contribution in [1.29, 1.82) is 0 Å². The third-order valence-electron chi connectivity index (χ3n) is 3.79. The first-order chi connectivity index (χ1) is 11.7. The number of imide groups is 1. The Morgan fingerprint density at radius 3 is 2.64 bits per heavy atom. The first kappa shape index (κ1) is 19.0. The predicted octanol–water partition coefficient (Wildman–Crippen LogP) is 2.26. The summed E-state index contributed by atoms with van der Waals surface area (Å²) in [6.07, 6.45) is 0.270. The molecule has 1 saturated heterocycles. The molecule has 0 saturated carbocycles. The molecule has 3 amide bonds. The zero-order valence-corrected chi connectivity index (χ0v) is 14.9. The maximum atomic E-state index is 12.4. The number of carbonyl (C=O) groups excluding carboxylic acids is 3. The van der Waals surface area contributed by atoms with Gasteiger partial charge in [-0.3, -0.25) is 24.1 Å². The van der Waals surface area contributed by atoms with Crippen molar-refractivity contribution in [2.24, 2.45) is 0 Å². The Balaban J connectivity index is 2.04. The van der Waals surface area contributed by atoms with E-state index >= 15 is 0 Å². The van der Waals surface area contributed by atoms with Crippen molar-refractivity contribution < 1.29 is 24.3 Å². The molecule has 0 bridgehead atoms. The molecule has 2 rings (SSSR count). The Morgan fingerprint density at radius 2 is 2.04 bits per heavy atom. The molecule has 1 aliphatic heterocycles. The van der Waals surface area contributed by atoms with Crippen molar-refractivity contribution >= 4 is 34.8 Å². The summed E-state index contributed by atoms with van der Waals surface area (Å²) in [5.41, 5.74) is 0.413. The van der Waals surface area contributed by atoms with Crippen LogP contribution in [0.15, 0.2) is 24.3 Å². The van der Waals surface area contributed by atoms with Crippen molar-refractivity contribution in [2.75, 3.05) is 5.75 Å². The second kappa shape index (κ2) is 7.69. The number of hydrogen-bond donors (Lipinski definition) is 2. The van der Waals surface area contributed by atoms with Crippen LogP contribution in [0.4, 0.5) is 4.79 Å². The maximum Gasteiger partial charge on any atom is 0.303 e. The van der Waals surface area contributed by atoms with Crippen molar-refractivity contribution in [3.05, 3.63) is 35.4 Å². The fraction of sp³-hybridized carbons (Fsp3) is 0.412. The Bertz CT molecular complexity index is 701. The van der Waals surface area contributed by atoms with E-state index in [-0.39, 0.29) is 35.8 Å². The Kier molecular flexibility index (Phi) is 5.84. The Morgan fingerprint density at radius 1 is 1.32 bits per heavy atom. The highest BCUT2D eigenvalue weighted by Gasteiger charge is 2.30. The minimum absolute atomic E-state index is 0.0375. The number of nitrogens with one attached hydrogen (secondary N) is 1. The summed E-state index contributed by atoms with van der Waals surface area (Å²) in [5, 5.41) is 11.3. The molecule has 0 aromatic heterocycles. The number of carboxylic acids is 1. The summed E-state index contributed by atoms with van der Waals surface area (Å²) in [6.45, 7) is 3.65. The third kappa shape index (κ3) is 5.32. The smallest absolute Gasteiger partial charge is 0.303 e. The molecule has 0 atom stereocenters. The zero-order valence-electron chi connectivity index (χ0n) is 14.1. The second-order valence-corrected chi connectivity index (χ2v) is 7.39. The number of aliphatic carboxylic acids is 1. The van der Waals surface area contributed by atoms with Crippen LogP contribution in [0.5, 0.6) is 0 Å². The van der Waals surface area contributed by atoms with E-state index in [0.717, 1.165) is 11.8 Å². The van der Waals surface area contributed by atoms with Crippen LogP contribution >= 0.6 is 11.8 Å². The van der Waals surface area contributed by atoms with Crippen molar-refractivity contribution in [1.82, 2.24) is 10.2 Å². The molecular formula is C17H20N2O5S. The van der Waals surface area contributed by atoms with Crippen LogP contribution in [0, 0.1) is 0 Å². The van der Waals surface area contributed by atoms with Crippen LogP contribution in [0.3, 0.4) is 0 Å². The van der Waals surface area contributed by atoms with E-state index in [1.165, 1.54) is 4.90 Å². The van der Waals surface area contributed by atoms with Crippen LogP contribution in [-0.4, -0.2) is 44.3 Å². The lowest BCUT2D eigenvalue weighted by Gasteiger charge is -2.25. The van der Waals surface area contributed by atoms with Gasteiger partial charge in [-0.15, -0.1) is 0 Å². The predicted molar refractivity (Wildman–Crippen MR) is 93.3 cm³/mol. The number of amides is 3. The zero-order chi connectivity index (χ0) is 18.6. The summed E-state index contributed by atoms with van der Waals surface area (Å²) in [5.74, 6) is -1.33. The molecule has 1 aromatic rings. The van der Waals surface area contributed by atoms with Gasteiger partial charge in [0.2, 0.25) is 5.91 Å². The van der Waals surface area contributed by atoms with Gasteiger partial charge in [0, 0.05) is 17.5 Å². The van der Waals surface area contributed by atoms with Gasteiger partial charge in [0.1, 0.15) is 0 Å². The summed E-state index contributed by atoms with van der Waals surface area (Å²) in [6, 6.07) is 6.70. The van der Waals surface area contributed by atoms with E-state index in [0.29, 0.717) is 17.5 Å². The van der Waals surface area contributed by atoms with Crippen LogP contribution in [0.2, 0.25) is 0 Å². The highest BCUT2D eigenvalue weighted by molar-refractivity contribution is 8.14. The number of rotatable bonds is 7. The molecule has 0 spiro atoms. The number of hydrogen-bond acceptors (Lipinski definition) is 5. The minimum atomic E-state index is -0.915. The van der Waals surface area contributed by atoms with Crippen LogP contribution in [0.1, 0.15) is 42.6 Å². The van der Waals surface area contributed by atoms with Gasteiger partial charge in [0.25, 0.3) is 11.1 Å². The lowest BCUT2D eigenvalue weighted by Crippen LogP contribution is -2.43. The van der Waals surface area contributed by atoms with E-state index in [9.17, 15) is 19.2 Å². The van der Waals surface area contributed by atoms with E-state index in [1.54, 1.807) is 38.1 Å². The summed E-state index contributed by atoms with van der Waals surface area (Å²) in [7, 11) is 0. The second-order valence-electron chi connectivity index (χ2n) is 6.47. The van der Waals surface area contributed by atoms with Gasteiger partial charge < -0.3 is 10.4 Å². The van der Waals surface area contributed by atoms with Gasteiger partial charge in [-0.1, -0.05) is 23.9 Å². The van der Waals surface area contributed by atoms with Gasteiger partial charge >= 0.3 is 5.97 Å². The number of benzene rings is 1. The fourth-order valence-electron chi connectivity index (χ4n) is 2.39. The summed E-state index contributed by atoms with van der Waals surface area (Å²) < 4.78 is 0. The molecule has 0 aliphatic carbocycles. The van der Waals surface area contributed by atoms with E-state index in [4.69, 9.17) is 5.11 Å². The molecule has 0 radical (unpaired) electrons. The third-order valence-corrected chi connectivity index (χ3v) is 4.64. The molecule has 134 valence electrons. The maximum absolute atomic E-state index is 12.4. The summed E-state index contributed by atoms with van der Waals surface area (Å²) in [4.78, 5) is 47.6. The minimum Gasteiger partial charge on any atom is -0.481 e.